The Morgan fingerprint density at radius 2 is 1.93 bits per heavy atom. The molecule has 4 aliphatic carbocycles. The van der Waals surface area contributed by atoms with Crippen molar-refractivity contribution in [3.05, 3.63) is 23.8 Å². The van der Waals surface area contributed by atoms with Crippen LogP contribution in [-0.4, -0.2) is 39.5 Å². The quantitative estimate of drug-likeness (QED) is 0.708. The van der Waals surface area contributed by atoms with E-state index in [1.807, 2.05) is 13.8 Å². The van der Waals surface area contributed by atoms with Gasteiger partial charge in [0.25, 0.3) is 0 Å². The summed E-state index contributed by atoms with van der Waals surface area (Å²) in [7, 11) is 0. The first-order valence-corrected chi connectivity index (χ1v) is 10.0. The molecule has 28 heavy (non-hydrogen) atoms. The third-order valence-corrected chi connectivity index (χ3v) is 8.47. The number of aliphatic carboxylic acids is 1. The molecule has 5 nitrogen and oxygen atoms in total. The summed E-state index contributed by atoms with van der Waals surface area (Å²) in [4.78, 5) is 35.7. The van der Waals surface area contributed by atoms with Gasteiger partial charge in [-0.3, -0.25) is 9.59 Å². The van der Waals surface area contributed by atoms with Gasteiger partial charge in [0.15, 0.2) is 11.5 Å². The number of carbonyl (C=O) groups is 3. The first-order valence-electron chi connectivity index (χ1n) is 10.0. The summed E-state index contributed by atoms with van der Waals surface area (Å²) in [5.74, 6) is -4.03. The van der Waals surface area contributed by atoms with Crippen molar-refractivity contribution in [2.45, 2.75) is 58.2 Å². The second kappa shape index (κ2) is 5.85. The third kappa shape index (κ3) is 2.18. The van der Waals surface area contributed by atoms with Crippen molar-refractivity contribution in [3.8, 4) is 0 Å². The fraction of sp³-hybridized carbons (Fsp3) is 0.682. The van der Waals surface area contributed by atoms with Crippen LogP contribution in [0.15, 0.2) is 23.8 Å². The summed E-state index contributed by atoms with van der Waals surface area (Å²) < 4.78 is 16.8. The number of rotatable bonds is 2. The molecule has 4 rings (SSSR count). The SMILES string of the molecule is C[C@H]1C[C@H]2[C@@H]3CCC4=CC(=O)C=C[C@]4(C)[C@@]3(F)[C@@H](O)C[C@]2(C)C1C(=O)C(=O)O. The highest BCUT2D eigenvalue weighted by molar-refractivity contribution is 6.33. The fourth-order valence-electron chi connectivity index (χ4n) is 7.27. The largest absolute Gasteiger partial charge is 0.475 e. The van der Waals surface area contributed by atoms with Crippen LogP contribution in [0.1, 0.15) is 46.5 Å². The Morgan fingerprint density at radius 3 is 2.57 bits per heavy atom. The number of fused-ring (bicyclic) bond motifs is 5. The summed E-state index contributed by atoms with van der Waals surface area (Å²) in [6.07, 6.45) is 4.80. The molecule has 0 radical (unpaired) electrons. The van der Waals surface area contributed by atoms with Crippen molar-refractivity contribution in [2.75, 3.05) is 0 Å². The molecule has 0 spiro atoms. The molecule has 6 heteroatoms. The number of hydrogen-bond donors (Lipinski definition) is 2. The number of hydrogen-bond acceptors (Lipinski definition) is 4. The number of carboxylic acids is 1. The molecule has 2 N–H and O–H groups in total. The molecule has 3 saturated carbocycles. The smallest absolute Gasteiger partial charge is 0.372 e. The minimum atomic E-state index is -1.95. The van der Waals surface area contributed by atoms with Gasteiger partial charge in [-0.25, -0.2) is 9.18 Å². The van der Waals surface area contributed by atoms with E-state index >= 15 is 4.39 Å². The summed E-state index contributed by atoms with van der Waals surface area (Å²) in [6.45, 7) is 5.46. The second-order valence-corrected chi connectivity index (χ2v) is 9.71. The highest BCUT2D eigenvalue weighted by Gasteiger charge is 2.72. The van der Waals surface area contributed by atoms with Crippen molar-refractivity contribution >= 4 is 17.5 Å². The molecule has 0 bridgehead atoms. The first kappa shape index (κ1) is 19.5. The maximum Gasteiger partial charge on any atom is 0.372 e. The summed E-state index contributed by atoms with van der Waals surface area (Å²) in [5, 5.41) is 20.4. The maximum atomic E-state index is 16.8. The monoisotopic (exact) mass is 390 g/mol. The van der Waals surface area contributed by atoms with E-state index in [-0.39, 0.29) is 24.0 Å². The van der Waals surface area contributed by atoms with Gasteiger partial charge in [0.05, 0.1) is 6.10 Å². The predicted molar refractivity (Wildman–Crippen MR) is 99.0 cm³/mol. The molecule has 0 aromatic heterocycles. The zero-order valence-corrected chi connectivity index (χ0v) is 16.4. The van der Waals surface area contributed by atoms with Crippen LogP contribution in [0.5, 0.6) is 0 Å². The molecule has 0 saturated heterocycles. The minimum absolute atomic E-state index is 0.0450. The Bertz CT molecular complexity index is 831. The molecule has 1 unspecified atom stereocenters. The number of aliphatic hydroxyl groups excluding tert-OH is 1. The Morgan fingerprint density at radius 1 is 1.25 bits per heavy atom. The molecule has 0 aliphatic heterocycles. The van der Waals surface area contributed by atoms with E-state index in [1.54, 1.807) is 13.0 Å². The van der Waals surface area contributed by atoms with Gasteiger partial charge in [0.2, 0.25) is 5.78 Å². The van der Waals surface area contributed by atoms with Crippen molar-refractivity contribution in [3.63, 3.8) is 0 Å². The molecule has 152 valence electrons. The van der Waals surface area contributed by atoms with Crippen molar-refractivity contribution < 1.29 is 29.0 Å². The van der Waals surface area contributed by atoms with Crippen LogP contribution in [-0.2, 0) is 14.4 Å². The zero-order chi connectivity index (χ0) is 20.6. The van der Waals surface area contributed by atoms with Crippen molar-refractivity contribution in [1.82, 2.24) is 0 Å². The van der Waals surface area contributed by atoms with E-state index in [0.29, 0.717) is 24.8 Å². The highest BCUT2D eigenvalue weighted by Crippen LogP contribution is 2.69. The number of aliphatic hydroxyl groups is 1. The van der Waals surface area contributed by atoms with Crippen molar-refractivity contribution in [2.24, 2.45) is 34.5 Å². The molecule has 0 aromatic rings. The topological polar surface area (TPSA) is 91.7 Å². The lowest BCUT2D eigenvalue weighted by Gasteiger charge is -2.61. The van der Waals surface area contributed by atoms with E-state index < -0.39 is 46.2 Å². The molecular weight excluding hydrogens is 363 g/mol. The van der Waals surface area contributed by atoms with Crippen LogP contribution in [0, 0.1) is 34.5 Å². The normalized spacial score (nSPS) is 49.7. The summed E-state index contributed by atoms with van der Waals surface area (Å²) in [5.41, 5.74) is -3.05. The third-order valence-electron chi connectivity index (χ3n) is 8.47. The second-order valence-electron chi connectivity index (χ2n) is 9.71. The van der Waals surface area contributed by atoms with Gasteiger partial charge >= 0.3 is 5.97 Å². The van der Waals surface area contributed by atoms with E-state index in [2.05, 4.69) is 0 Å². The minimum Gasteiger partial charge on any atom is -0.475 e. The van der Waals surface area contributed by atoms with Crippen LogP contribution in [0.25, 0.3) is 0 Å². The lowest BCUT2D eigenvalue weighted by molar-refractivity contribution is -0.196. The van der Waals surface area contributed by atoms with Crippen molar-refractivity contribution in [1.29, 1.82) is 0 Å². The molecule has 0 heterocycles. The standard InChI is InChI=1S/C22H27FO5/c1-11-8-15-14-5-4-12-9-13(24)6-7-21(12,3)22(14,23)16(25)10-20(15,2)17(11)18(26)19(27)28/h6-7,9,11,14-17,25H,4-5,8,10H2,1-3H3,(H,27,28)/t11-,14-,15-,16-,17?,20-,21-,22-/m0/s1. The van der Waals surface area contributed by atoms with Crippen LogP contribution in [0.4, 0.5) is 4.39 Å². The molecular formula is C22H27FO5. The summed E-state index contributed by atoms with van der Waals surface area (Å²) in [6, 6.07) is 0. The van der Waals surface area contributed by atoms with Gasteiger partial charge in [-0.1, -0.05) is 25.5 Å². The van der Waals surface area contributed by atoms with Gasteiger partial charge < -0.3 is 10.2 Å². The Balaban J connectivity index is 1.80. The van der Waals surface area contributed by atoms with E-state index in [1.165, 1.54) is 12.2 Å². The number of halogens is 1. The Labute approximate surface area is 163 Å². The first-order chi connectivity index (χ1) is 13.0. The molecule has 0 aromatic carbocycles. The molecule has 4 aliphatic rings. The van der Waals surface area contributed by atoms with E-state index in [9.17, 15) is 24.6 Å². The maximum absolute atomic E-state index is 16.8. The number of carboxylic acid groups (broad SMARTS) is 1. The zero-order valence-electron chi connectivity index (χ0n) is 16.4. The molecule has 0 amide bonds. The Kier molecular flexibility index (Phi) is 4.07. The van der Waals surface area contributed by atoms with Gasteiger partial charge in [-0.15, -0.1) is 0 Å². The van der Waals surface area contributed by atoms with E-state index in [0.717, 1.165) is 0 Å². The number of carbonyl (C=O) groups excluding carboxylic acids is 2. The number of ketones is 2. The van der Waals surface area contributed by atoms with Crippen LogP contribution in [0.3, 0.4) is 0 Å². The lowest BCUT2D eigenvalue weighted by Crippen LogP contribution is -2.66. The van der Waals surface area contributed by atoms with E-state index in [4.69, 9.17) is 0 Å². The average Bonchev–Trinajstić information content (AvgIpc) is 2.86. The van der Waals surface area contributed by atoms with Gasteiger partial charge in [0.1, 0.15) is 0 Å². The molecule has 8 atom stereocenters. The van der Waals surface area contributed by atoms with Gasteiger partial charge in [-0.2, -0.15) is 0 Å². The van der Waals surface area contributed by atoms with Crippen LogP contribution < -0.4 is 0 Å². The summed E-state index contributed by atoms with van der Waals surface area (Å²) >= 11 is 0. The molecule has 3 fully saturated rings. The van der Waals surface area contributed by atoms with Gasteiger partial charge in [-0.05, 0) is 62.0 Å². The number of alkyl halides is 1. The van der Waals surface area contributed by atoms with Gasteiger partial charge in [0, 0.05) is 17.3 Å². The number of allylic oxidation sites excluding steroid dienone is 4. The van der Waals surface area contributed by atoms with Crippen LogP contribution in [0.2, 0.25) is 0 Å². The fourth-order valence-corrected chi connectivity index (χ4v) is 7.27. The Hall–Kier alpha value is -1.82. The predicted octanol–water partition coefficient (Wildman–Crippen LogP) is 2.87. The highest BCUT2D eigenvalue weighted by atomic mass is 19.1. The average molecular weight is 390 g/mol. The lowest BCUT2D eigenvalue weighted by atomic mass is 9.45. The van der Waals surface area contributed by atoms with Crippen LogP contribution >= 0.6 is 0 Å². The number of Topliss-reactive ketones (excluding diaryl/α,β-unsaturated/α-hetero) is 1.